The van der Waals surface area contributed by atoms with Gasteiger partial charge in [-0.25, -0.2) is 4.79 Å². The fourth-order valence-electron chi connectivity index (χ4n) is 10.4. The molecule has 14 heteroatoms. The standard InChI is InChI=1S/C28H36Cl2N2O3.C21H23Cl2NO.C8H15BrO2/c1-28(2,3)35-27(33)31-12-15-34-21-9-7-20-8-11-26(32-13-4-5-14-32)23(22(20)18-21)16-19-6-10-24(29)25(30)17-19;22-19-7-3-14(12-20(19)23)11-18-17-13-16(25)6-4-15(17)5-8-21(18)24-9-1-2-10-24;1-8(2,3)11-7(10)5-4-6-9/h6-7,9-10,17-18,23,26H,4-5,8,11-16H2,1-3H3,(H,31,33);3-4,6-7,12-13,18,21,25H,1-2,5,8-11H2;4-6H2,1-3H3. The van der Waals surface area contributed by atoms with Crippen LogP contribution >= 0.6 is 62.3 Å². The number of benzene rings is 4. The molecule has 388 valence electrons. The first-order chi connectivity index (χ1) is 33.8. The van der Waals surface area contributed by atoms with Crippen molar-refractivity contribution in [3.05, 3.63) is 126 Å². The fraction of sp³-hybridized carbons (Fsp3) is 0.544. The van der Waals surface area contributed by atoms with Gasteiger partial charge in [0, 0.05) is 35.7 Å². The number of nitrogens with one attached hydrogen (secondary N) is 1. The Morgan fingerprint density at radius 1 is 0.662 bits per heavy atom. The topological polar surface area (TPSA) is 101 Å². The van der Waals surface area contributed by atoms with Gasteiger partial charge in [0.1, 0.15) is 29.3 Å². The SMILES string of the molecule is CC(C)(C)OC(=O)CCCBr.CC(C)(C)OC(=O)NCCOc1ccc2c(c1)C(Cc1ccc(Cl)c(Cl)c1)C(N1CCCC1)CC2.Oc1ccc2c(c1)C(Cc1ccc(Cl)c(Cl)c1)C(N1CCCC1)CC2. The minimum absolute atomic E-state index is 0.114. The molecule has 2 saturated heterocycles. The lowest BCUT2D eigenvalue weighted by atomic mass is 9.75. The van der Waals surface area contributed by atoms with E-state index in [1.807, 2.05) is 84.0 Å². The summed E-state index contributed by atoms with van der Waals surface area (Å²) in [5.74, 6) is 1.82. The van der Waals surface area contributed by atoms with Crippen LogP contribution in [-0.2, 0) is 40.0 Å². The average molecular weight is 1120 g/mol. The second kappa shape index (κ2) is 26.8. The van der Waals surface area contributed by atoms with Crippen LogP contribution in [0.3, 0.4) is 0 Å². The highest BCUT2D eigenvalue weighted by Crippen LogP contribution is 2.42. The van der Waals surface area contributed by atoms with Crippen molar-refractivity contribution in [1.82, 2.24) is 15.1 Å². The van der Waals surface area contributed by atoms with Crippen molar-refractivity contribution in [3.8, 4) is 11.5 Å². The average Bonchev–Trinajstić information content (AvgIpc) is 4.06. The number of fused-ring (bicyclic) bond motifs is 2. The lowest BCUT2D eigenvalue weighted by Crippen LogP contribution is -2.41. The molecule has 4 aliphatic rings. The van der Waals surface area contributed by atoms with E-state index in [0.717, 1.165) is 43.2 Å². The first-order valence-electron chi connectivity index (χ1n) is 25.4. The summed E-state index contributed by atoms with van der Waals surface area (Å²) < 4.78 is 16.4. The molecule has 4 atom stereocenters. The lowest BCUT2D eigenvalue weighted by Gasteiger charge is -2.39. The number of carbonyl (C=O) groups is 2. The van der Waals surface area contributed by atoms with Gasteiger partial charge in [-0.1, -0.05) is 86.6 Å². The van der Waals surface area contributed by atoms with Crippen molar-refractivity contribution < 1.29 is 28.9 Å². The van der Waals surface area contributed by atoms with Crippen LogP contribution in [0.15, 0.2) is 72.8 Å². The zero-order valence-corrected chi connectivity index (χ0v) is 47.1. The van der Waals surface area contributed by atoms with Crippen LogP contribution in [0.4, 0.5) is 4.79 Å². The number of aryl methyl sites for hydroxylation is 2. The number of halogens is 5. The Kier molecular flexibility index (Phi) is 21.6. The minimum atomic E-state index is -0.515. The van der Waals surface area contributed by atoms with Crippen LogP contribution in [-0.4, -0.2) is 94.9 Å². The summed E-state index contributed by atoms with van der Waals surface area (Å²) in [6.45, 7) is 16.7. The van der Waals surface area contributed by atoms with Crippen LogP contribution in [0.5, 0.6) is 11.5 Å². The molecule has 2 N–H and O–H groups in total. The third-order valence-corrected chi connectivity index (χ3v) is 15.5. The van der Waals surface area contributed by atoms with E-state index in [0.29, 0.717) is 69.3 Å². The molecular weight excluding hydrogens is 1040 g/mol. The molecule has 0 bridgehead atoms. The van der Waals surface area contributed by atoms with Crippen LogP contribution in [0.2, 0.25) is 20.1 Å². The molecule has 0 spiro atoms. The zero-order chi connectivity index (χ0) is 51.3. The number of nitrogens with zero attached hydrogens (tertiary/aromatic N) is 2. The normalized spacial score (nSPS) is 20.1. The molecule has 2 aliphatic heterocycles. The highest BCUT2D eigenvalue weighted by Gasteiger charge is 2.37. The van der Waals surface area contributed by atoms with Crippen molar-refractivity contribution in [2.45, 2.75) is 154 Å². The second-order valence-electron chi connectivity index (χ2n) is 21.2. The Hall–Kier alpha value is -3.22. The predicted octanol–water partition coefficient (Wildman–Crippen LogP) is 14.6. The fourth-order valence-corrected chi connectivity index (χ4v) is 11.3. The Morgan fingerprint density at radius 2 is 1.15 bits per heavy atom. The highest BCUT2D eigenvalue weighted by atomic mass is 79.9. The van der Waals surface area contributed by atoms with Crippen molar-refractivity contribution in [2.24, 2.45) is 0 Å². The van der Waals surface area contributed by atoms with E-state index in [9.17, 15) is 14.7 Å². The maximum Gasteiger partial charge on any atom is 0.407 e. The van der Waals surface area contributed by atoms with Gasteiger partial charge in [0.25, 0.3) is 0 Å². The number of esters is 1. The number of phenolic OH excluding ortho intramolecular Hbond substituents is 1. The quantitative estimate of drug-likeness (QED) is 0.0776. The van der Waals surface area contributed by atoms with Gasteiger partial charge in [0.15, 0.2) is 0 Å². The Bertz CT molecular complexity index is 2380. The smallest absolute Gasteiger partial charge is 0.407 e. The van der Waals surface area contributed by atoms with Crippen LogP contribution in [0, 0.1) is 0 Å². The summed E-state index contributed by atoms with van der Waals surface area (Å²) in [6.07, 6.45) is 12.4. The number of carbonyl (C=O) groups excluding carboxylic acids is 2. The molecule has 4 aromatic rings. The van der Waals surface area contributed by atoms with Gasteiger partial charge in [-0.3, -0.25) is 14.6 Å². The van der Waals surface area contributed by atoms with Crippen molar-refractivity contribution >= 4 is 74.4 Å². The van der Waals surface area contributed by atoms with Gasteiger partial charge >= 0.3 is 12.1 Å². The molecule has 2 aliphatic carbocycles. The second-order valence-corrected chi connectivity index (χ2v) is 23.6. The van der Waals surface area contributed by atoms with Gasteiger partial charge < -0.3 is 24.6 Å². The van der Waals surface area contributed by atoms with E-state index >= 15 is 0 Å². The van der Waals surface area contributed by atoms with E-state index in [2.05, 4.69) is 61.4 Å². The van der Waals surface area contributed by atoms with Gasteiger partial charge in [-0.05, 0) is 220 Å². The first kappa shape index (κ1) is 57.1. The van der Waals surface area contributed by atoms with Gasteiger partial charge in [0.2, 0.25) is 0 Å². The third kappa shape index (κ3) is 17.7. The monoisotopic (exact) mass is 1120 g/mol. The molecular formula is C57H74BrCl4N3O6. The molecule has 0 saturated carbocycles. The molecule has 4 unspecified atom stereocenters. The van der Waals surface area contributed by atoms with Crippen molar-refractivity contribution in [1.29, 1.82) is 0 Å². The number of hydrogen-bond donors (Lipinski definition) is 2. The molecule has 4 aromatic carbocycles. The summed E-state index contributed by atoms with van der Waals surface area (Å²) in [7, 11) is 0. The number of likely N-dealkylation sites (tertiary alicyclic amines) is 2. The van der Waals surface area contributed by atoms with E-state index in [-0.39, 0.29) is 11.6 Å². The molecule has 0 radical (unpaired) electrons. The predicted molar refractivity (Wildman–Crippen MR) is 295 cm³/mol. The number of ether oxygens (including phenoxy) is 3. The van der Waals surface area contributed by atoms with E-state index < -0.39 is 11.7 Å². The first-order valence-corrected chi connectivity index (χ1v) is 28.1. The summed E-state index contributed by atoms with van der Waals surface area (Å²) in [5, 5.41) is 16.1. The molecule has 0 aromatic heterocycles. The molecule has 8 rings (SSSR count). The maximum absolute atomic E-state index is 11.9. The molecule has 2 heterocycles. The molecule has 71 heavy (non-hydrogen) atoms. The zero-order valence-electron chi connectivity index (χ0n) is 42.4. The van der Waals surface area contributed by atoms with Crippen LogP contribution in [0.25, 0.3) is 0 Å². The van der Waals surface area contributed by atoms with Crippen molar-refractivity contribution in [3.63, 3.8) is 0 Å². The number of aromatic hydroxyl groups is 1. The summed E-state index contributed by atoms with van der Waals surface area (Å²) >= 11 is 28.1. The van der Waals surface area contributed by atoms with E-state index in [1.54, 1.807) is 0 Å². The number of phenols is 1. The number of rotatable bonds is 13. The van der Waals surface area contributed by atoms with Gasteiger partial charge in [-0.2, -0.15) is 0 Å². The minimum Gasteiger partial charge on any atom is -0.508 e. The number of alkyl halides is 1. The number of amides is 1. The Balaban J connectivity index is 0.000000199. The molecule has 1 amide bonds. The van der Waals surface area contributed by atoms with Gasteiger partial charge in [0.05, 0.1) is 26.6 Å². The van der Waals surface area contributed by atoms with E-state index in [4.69, 9.17) is 60.6 Å². The molecule has 9 nitrogen and oxygen atoms in total. The largest absolute Gasteiger partial charge is 0.508 e. The van der Waals surface area contributed by atoms with E-state index in [1.165, 1.54) is 98.1 Å². The lowest BCUT2D eigenvalue weighted by molar-refractivity contribution is -0.154. The summed E-state index contributed by atoms with van der Waals surface area (Å²) in [4.78, 5) is 28.2. The third-order valence-electron chi connectivity index (χ3n) is 13.5. The summed E-state index contributed by atoms with van der Waals surface area (Å²) in [6, 6.07) is 25.3. The van der Waals surface area contributed by atoms with Crippen LogP contribution < -0.4 is 10.1 Å². The highest BCUT2D eigenvalue weighted by molar-refractivity contribution is 9.09. The van der Waals surface area contributed by atoms with Crippen molar-refractivity contribution in [2.75, 3.05) is 44.7 Å². The Morgan fingerprint density at radius 3 is 1.63 bits per heavy atom. The maximum atomic E-state index is 11.9. The number of hydrogen-bond acceptors (Lipinski definition) is 8. The molecule has 2 fully saturated rings. The summed E-state index contributed by atoms with van der Waals surface area (Å²) in [5.41, 5.74) is 6.98. The van der Waals surface area contributed by atoms with Crippen LogP contribution in [0.1, 0.15) is 138 Å². The Labute approximate surface area is 451 Å². The number of alkyl carbamates (subject to hydrolysis) is 1. The van der Waals surface area contributed by atoms with Gasteiger partial charge in [-0.15, -0.1) is 0 Å².